The molecule has 1 unspecified atom stereocenters. The molecule has 2 aromatic heterocycles. The van der Waals surface area contributed by atoms with Crippen LogP contribution < -0.4 is 5.32 Å². The number of aryl methyl sites for hydroxylation is 2. The van der Waals surface area contributed by atoms with Gasteiger partial charge in [0.15, 0.2) is 0 Å². The summed E-state index contributed by atoms with van der Waals surface area (Å²) in [6, 6.07) is 10.4. The summed E-state index contributed by atoms with van der Waals surface area (Å²) in [6.45, 7) is 2.62. The van der Waals surface area contributed by atoms with E-state index in [0.29, 0.717) is 10.6 Å². The molecule has 0 bridgehead atoms. The quantitative estimate of drug-likeness (QED) is 0.763. The molecule has 0 radical (unpaired) electrons. The molecule has 0 saturated carbocycles. The Morgan fingerprint density at radius 2 is 2.08 bits per heavy atom. The smallest absolute Gasteiger partial charge is 0.265 e. The predicted molar refractivity (Wildman–Crippen MR) is 98.1 cm³/mol. The molecule has 0 fully saturated rings. The molecule has 1 aliphatic rings. The summed E-state index contributed by atoms with van der Waals surface area (Å²) in [6.07, 6.45) is 3.31. The van der Waals surface area contributed by atoms with Gasteiger partial charge in [0, 0.05) is 25.4 Å². The van der Waals surface area contributed by atoms with Crippen LogP contribution in [0.25, 0.3) is 0 Å². The normalized spacial score (nSPS) is 16.7. The third kappa shape index (κ3) is 3.50. The Morgan fingerprint density at radius 1 is 1.23 bits per heavy atom. The maximum absolute atomic E-state index is 12.4. The van der Waals surface area contributed by atoms with Crippen molar-refractivity contribution in [1.82, 2.24) is 29.7 Å². The van der Waals surface area contributed by atoms with E-state index in [2.05, 4.69) is 41.8 Å². The van der Waals surface area contributed by atoms with E-state index in [1.165, 1.54) is 5.56 Å². The van der Waals surface area contributed by atoms with Crippen molar-refractivity contribution in [2.45, 2.75) is 45.2 Å². The fraction of sp³-hybridized carbons (Fsp3) is 0.389. The second-order valence-electron chi connectivity index (χ2n) is 6.53. The molecule has 3 heterocycles. The van der Waals surface area contributed by atoms with Crippen LogP contribution in [0.15, 0.2) is 30.3 Å². The molecule has 7 nitrogen and oxygen atoms in total. The van der Waals surface area contributed by atoms with Gasteiger partial charge in [-0.05, 0) is 36.9 Å². The topological polar surface area (TPSA) is 85.6 Å². The summed E-state index contributed by atoms with van der Waals surface area (Å²) in [5.41, 5.74) is 1.91. The van der Waals surface area contributed by atoms with Gasteiger partial charge in [-0.2, -0.15) is 0 Å². The van der Waals surface area contributed by atoms with Gasteiger partial charge in [-0.3, -0.25) is 4.79 Å². The number of nitrogens with one attached hydrogen (secondary N) is 1. The molecule has 1 aliphatic heterocycles. The van der Waals surface area contributed by atoms with Crippen molar-refractivity contribution in [2.75, 3.05) is 0 Å². The summed E-state index contributed by atoms with van der Waals surface area (Å²) in [5.74, 6) is 1.91. The minimum atomic E-state index is -0.0790. The van der Waals surface area contributed by atoms with E-state index in [0.717, 1.165) is 55.4 Å². The van der Waals surface area contributed by atoms with Crippen molar-refractivity contribution in [3.63, 3.8) is 0 Å². The predicted octanol–water partition coefficient (Wildman–Crippen LogP) is 2.16. The van der Waals surface area contributed by atoms with Gasteiger partial charge in [-0.1, -0.05) is 34.8 Å². The van der Waals surface area contributed by atoms with Gasteiger partial charge in [0.25, 0.3) is 5.91 Å². The van der Waals surface area contributed by atoms with Crippen LogP contribution in [0, 0.1) is 6.92 Å². The van der Waals surface area contributed by atoms with Crippen LogP contribution in [0.2, 0.25) is 0 Å². The van der Waals surface area contributed by atoms with Crippen LogP contribution in [0.5, 0.6) is 0 Å². The Bertz CT molecular complexity index is 904. The minimum absolute atomic E-state index is 0.0790. The summed E-state index contributed by atoms with van der Waals surface area (Å²) in [5, 5.41) is 15.8. The van der Waals surface area contributed by atoms with E-state index in [9.17, 15) is 4.79 Å². The van der Waals surface area contributed by atoms with E-state index >= 15 is 0 Å². The fourth-order valence-corrected chi connectivity index (χ4v) is 3.85. The van der Waals surface area contributed by atoms with Crippen LogP contribution in [0.3, 0.4) is 0 Å². The number of carbonyl (C=O) groups is 1. The highest BCUT2D eigenvalue weighted by Gasteiger charge is 2.23. The molecular formula is C18H20N6OS. The standard InChI is InChI=1S/C18H20N6OS/c1-12-17(26-23-20-12)18(25)19-14-7-8-15-21-22-16(24(15)10-9-14)11-13-5-3-2-4-6-13/h2-6,14H,7-11H2,1H3,(H,19,25). The van der Waals surface area contributed by atoms with Gasteiger partial charge >= 0.3 is 0 Å². The maximum atomic E-state index is 12.4. The number of fused-ring (bicyclic) bond motifs is 1. The summed E-state index contributed by atoms with van der Waals surface area (Å²) in [7, 11) is 0. The zero-order valence-corrected chi connectivity index (χ0v) is 15.4. The second-order valence-corrected chi connectivity index (χ2v) is 7.29. The van der Waals surface area contributed by atoms with Crippen molar-refractivity contribution in [2.24, 2.45) is 0 Å². The number of aromatic nitrogens is 5. The average molecular weight is 368 g/mol. The highest BCUT2D eigenvalue weighted by atomic mass is 32.1. The highest BCUT2D eigenvalue weighted by Crippen LogP contribution is 2.18. The highest BCUT2D eigenvalue weighted by molar-refractivity contribution is 7.08. The summed E-state index contributed by atoms with van der Waals surface area (Å²) < 4.78 is 6.05. The monoisotopic (exact) mass is 368 g/mol. The van der Waals surface area contributed by atoms with Crippen molar-refractivity contribution in [3.8, 4) is 0 Å². The molecule has 0 saturated heterocycles. The SMILES string of the molecule is Cc1nnsc1C(=O)NC1CCc2nnc(Cc3ccccc3)n2CC1. The maximum Gasteiger partial charge on any atom is 0.265 e. The fourth-order valence-electron chi connectivity index (χ4n) is 3.29. The zero-order chi connectivity index (χ0) is 17.9. The van der Waals surface area contributed by atoms with Crippen LogP contribution in [-0.4, -0.2) is 36.3 Å². The Morgan fingerprint density at radius 3 is 2.85 bits per heavy atom. The van der Waals surface area contributed by atoms with Gasteiger partial charge in [0.2, 0.25) is 0 Å². The van der Waals surface area contributed by atoms with Gasteiger partial charge < -0.3 is 9.88 Å². The molecule has 134 valence electrons. The first-order valence-electron chi connectivity index (χ1n) is 8.75. The Balaban J connectivity index is 1.43. The first kappa shape index (κ1) is 16.8. The van der Waals surface area contributed by atoms with Gasteiger partial charge in [0.05, 0.1) is 5.69 Å². The molecule has 3 aromatic rings. The van der Waals surface area contributed by atoms with Crippen molar-refractivity contribution in [1.29, 1.82) is 0 Å². The lowest BCUT2D eigenvalue weighted by Gasteiger charge is -2.15. The number of rotatable bonds is 4. The summed E-state index contributed by atoms with van der Waals surface area (Å²) in [4.78, 5) is 13.0. The second kappa shape index (κ2) is 7.33. The van der Waals surface area contributed by atoms with E-state index in [1.54, 1.807) is 0 Å². The van der Waals surface area contributed by atoms with Crippen LogP contribution in [0.4, 0.5) is 0 Å². The Labute approximate surface area is 155 Å². The van der Waals surface area contributed by atoms with Gasteiger partial charge in [-0.15, -0.1) is 15.3 Å². The molecule has 0 aliphatic carbocycles. The first-order chi connectivity index (χ1) is 12.7. The molecule has 1 aromatic carbocycles. The number of nitrogens with zero attached hydrogens (tertiary/aromatic N) is 5. The van der Waals surface area contributed by atoms with Crippen LogP contribution in [-0.2, 0) is 19.4 Å². The molecule has 0 spiro atoms. The zero-order valence-electron chi connectivity index (χ0n) is 14.6. The molecular weight excluding hydrogens is 348 g/mol. The van der Waals surface area contributed by atoms with E-state index in [4.69, 9.17) is 0 Å². The first-order valence-corrected chi connectivity index (χ1v) is 9.52. The number of hydrogen-bond donors (Lipinski definition) is 1. The van der Waals surface area contributed by atoms with Crippen molar-refractivity contribution < 1.29 is 4.79 Å². The minimum Gasteiger partial charge on any atom is -0.348 e. The average Bonchev–Trinajstić information content (AvgIpc) is 3.18. The van der Waals surface area contributed by atoms with E-state index < -0.39 is 0 Å². The van der Waals surface area contributed by atoms with Crippen molar-refractivity contribution >= 4 is 17.4 Å². The van der Waals surface area contributed by atoms with Crippen molar-refractivity contribution in [3.05, 3.63) is 58.1 Å². The van der Waals surface area contributed by atoms with E-state index in [-0.39, 0.29) is 11.9 Å². The number of amides is 1. The van der Waals surface area contributed by atoms with Gasteiger partial charge in [-0.25, -0.2) is 0 Å². The lowest BCUT2D eigenvalue weighted by atomic mass is 10.1. The lowest BCUT2D eigenvalue weighted by Crippen LogP contribution is -2.35. The number of benzene rings is 1. The Kier molecular flexibility index (Phi) is 4.75. The molecule has 26 heavy (non-hydrogen) atoms. The lowest BCUT2D eigenvalue weighted by molar-refractivity contribution is 0.0936. The van der Waals surface area contributed by atoms with Gasteiger partial charge in [0.1, 0.15) is 16.5 Å². The Hall–Kier alpha value is -2.61. The number of hydrogen-bond acceptors (Lipinski definition) is 6. The molecule has 1 atom stereocenters. The third-order valence-electron chi connectivity index (χ3n) is 4.72. The molecule has 1 N–H and O–H groups in total. The largest absolute Gasteiger partial charge is 0.348 e. The summed E-state index contributed by atoms with van der Waals surface area (Å²) >= 11 is 1.14. The molecule has 4 rings (SSSR count). The van der Waals surface area contributed by atoms with Crippen LogP contribution in [0.1, 0.15) is 45.4 Å². The molecule has 1 amide bonds. The van der Waals surface area contributed by atoms with E-state index in [1.807, 2.05) is 25.1 Å². The van der Waals surface area contributed by atoms with Crippen LogP contribution >= 0.6 is 11.5 Å². The number of carbonyl (C=O) groups excluding carboxylic acids is 1. The molecule has 8 heteroatoms. The third-order valence-corrected chi connectivity index (χ3v) is 5.55.